The van der Waals surface area contributed by atoms with Gasteiger partial charge in [-0.05, 0) is 34.6 Å². The summed E-state index contributed by atoms with van der Waals surface area (Å²) in [4.78, 5) is 11.4. The molecule has 0 radical (unpaired) electrons. The first-order valence-corrected chi connectivity index (χ1v) is 5.09. The van der Waals surface area contributed by atoms with E-state index in [1.54, 1.807) is 0 Å². The number of hydrogen-bond acceptors (Lipinski definition) is 3. The van der Waals surface area contributed by atoms with Crippen LogP contribution in [-0.4, -0.2) is 27.6 Å². The maximum atomic E-state index is 11.4. The van der Waals surface area contributed by atoms with Gasteiger partial charge in [-0.2, -0.15) is 0 Å². The Balaban J connectivity index is 2.97. The summed E-state index contributed by atoms with van der Waals surface area (Å²) >= 11 is 0. The molecular weight excluding hydrogens is 178 g/mol. The number of aliphatic hydroxyl groups is 1. The van der Waals surface area contributed by atoms with Crippen LogP contribution in [0.5, 0.6) is 0 Å². The maximum Gasteiger partial charge on any atom is 0.161 e. The van der Waals surface area contributed by atoms with Gasteiger partial charge in [-0.15, -0.1) is 0 Å². The Hall–Kier alpha value is -0.410. The molecule has 0 aromatic carbocycles. The lowest BCUT2D eigenvalue weighted by Crippen LogP contribution is -2.65. The molecule has 0 bridgehead atoms. The number of piperidine rings is 1. The highest BCUT2D eigenvalue weighted by Gasteiger charge is 2.48. The van der Waals surface area contributed by atoms with E-state index in [9.17, 15) is 9.90 Å². The second kappa shape index (κ2) is 3.04. The van der Waals surface area contributed by atoms with E-state index in [1.165, 1.54) is 6.92 Å². The van der Waals surface area contributed by atoms with E-state index in [0.29, 0.717) is 12.8 Å². The van der Waals surface area contributed by atoms with Crippen molar-refractivity contribution in [3.63, 3.8) is 0 Å². The van der Waals surface area contributed by atoms with Crippen molar-refractivity contribution in [1.29, 1.82) is 0 Å². The lowest BCUT2D eigenvalue weighted by Gasteiger charge is -2.49. The Labute approximate surface area is 85.9 Å². The predicted molar refractivity (Wildman–Crippen MR) is 56.2 cm³/mol. The van der Waals surface area contributed by atoms with E-state index in [2.05, 4.69) is 5.32 Å². The highest BCUT2D eigenvalue weighted by atomic mass is 16.3. The van der Waals surface area contributed by atoms with Gasteiger partial charge in [0.25, 0.3) is 0 Å². The fraction of sp³-hybridized carbons (Fsp3) is 0.909. The Bertz CT molecular complexity index is 240. The molecule has 0 aliphatic carbocycles. The van der Waals surface area contributed by atoms with Crippen molar-refractivity contribution < 1.29 is 9.90 Å². The zero-order chi connectivity index (χ0) is 11.2. The highest BCUT2D eigenvalue weighted by molar-refractivity contribution is 5.85. The molecule has 0 saturated carbocycles. The minimum atomic E-state index is -1.15. The molecule has 1 fully saturated rings. The van der Waals surface area contributed by atoms with Crippen LogP contribution in [0.3, 0.4) is 0 Å². The SMILES string of the molecule is CC(=O)C1(O)CC(C)(C)NC(C)(C)C1. The lowest BCUT2D eigenvalue weighted by molar-refractivity contribution is -0.144. The average Bonchev–Trinajstić information content (AvgIpc) is 1.76. The molecule has 3 nitrogen and oxygen atoms in total. The van der Waals surface area contributed by atoms with E-state index < -0.39 is 5.60 Å². The van der Waals surface area contributed by atoms with Crippen molar-refractivity contribution in [3.8, 4) is 0 Å². The van der Waals surface area contributed by atoms with Gasteiger partial charge in [-0.3, -0.25) is 4.79 Å². The minimum Gasteiger partial charge on any atom is -0.382 e. The first-order chi connectivity index (χ1) is 6.06. The van der Waals surface area contributed by atoms with Gasteiger partial charge in [-0.1, -0.05) is 0 Å². The zero-order valence-corrected chi connectivity index (χ0v) is 9.77. The maximum absolute atomic E-state index is 11.4. The molecule has 0 unspecified atom stereocenters. The van der Waals surface area contributed by atoms with Gasteiger partial charge < -0.3 is 10.4 Å². The van der Waals surface area contributed by atoms with Crippen LogP contribution >= 0.6 is 0 Å². The molecular formula is C11H21NO2. The molecule has 1 heterocycles. The number of rotatable bonds is 1. The fourth-order valence-corrected chi connectivity index (χ4v) is 2.78. The summed E-state index contributed by atoms with van der Waals surface area (Å²) in [5.74, 6) is -0.125. The van der Waals surface area contributed by atoms with Crippen molar-refractivity contribution in [1.82, 2.24) is 5.32 Å². The summed E-state index contributed by atoms with van der Waals surface area (Å²) in [5, 5.41) is 13.7. The number of Topliss-reactive ketones (excluding diaryl/α,β-unsaturated/α-hetero) is 1. The summed E-state index contributed by atoms with van der Waals surface area (Å²) in [6, 6.07) is 0. The Kier molecular flexibility index (Phi) is 2.53. The number of nitrogens with one attached hydrogen (secondary N) is 1. The molecule has 0 aromatic heterocycles. The third kappa shape index (κ3) is 2.34. The molecule has 1 saturated heterocycles. The summed E-state index contributed by atoms with van der Waals surface area (Å²) in [7, 11) is 0. The predicted octanol–water partition coefficient (Wildman–Crippen LogP) is 1.25. The van der Waals surface area contributed by atoms with Crippen molar-refractivity contribution >= 4 is 5.78 Å². The molecule has 3 heteroatoms. The minimum absolute atomic E-state index is 0.125. The second-order valence-corrected chi connectivity index (χ2v) is 5.83. The van der Waals surface area contributed by atoms with Crippen molar-refractivity contribution in [2.24, 2.45) is 0 Å². The molecule has 0 atom stereocenters. The zero-order valence-electron chi connectivity index (χ0n) is 9.77. The quantitative estimate of drug-likeness (QED) is 0.668. The van der Waals surface area contributed by atoms with E-state index in [1.807, 2.05) is 27.7 Å². The normalized spacial score (nSPS) is 28.4. The van der Waals surface area contributed by atoms with Crippen LogP contribution in [0.15, 0.2) is 0 Å². The van der Waals surface area contributed by atoms with E-state index in [-0.39, 0.29) is 16.9 Å². The van der Waals surface area contributed by atoms with Gasteiger partial charge in [0.15, 0.2) is 5.78 Å². The molecule has 0 spiro atoms. The number of ketones is 1. The third-order valence-electron chi connectivity index (χ3n) is 2.80. The molecule has 82 valence electrons. The Morgan fingerprint density at radius 1 is 1.14 bits per heavy atom. The van der Waals surface area contributed by atoms with Crippen LogP contribution in [0.2, 0.25) is 0 Å². The van der Waals surface area contributed by atoms with Crippen LogP contribution in [0.25, 0.3) is 0 Å². The molecule has 1 aliphatic heterocycles. The van der Waals surface area contributed by atoms with Gasteiger partial charge in [-0.25, -0.2) is 0 Å². The Morgan fingerprint density at radius 2 is 1.50 bits per heavy atom. The first-order valence-electron chi connectivity index (χ1n) is 5.09. The van der Waals surface area contributed by atoms with Gasteiger partial charge in [0.1, 0.15) is 5.60 Å². The van der Waals surface area contributed by atoms with Gasteiger partial charge >= 0.3 is 0 Å². The molecule has 14 heavy (non-hydrogen) atoms. The number of carbonyl (C=O) groups excluding carboxylic acids is 1. The van der Waals surface area contributed by atoms with Gasteiger partial charge in [0.2, 0.25) is 0 Å². The summed E-state index contributed by atoms with van der Waals surface area (Å²) < 4.78 is 0. The molecule has 1 aliphatic rings. The highest BCUT2D eigenvalue weighted by Crippen LogP contribution is 2.36. The van der Waals surface area contributed by atoms with Crippen molar-refractivity contribution in [2.45, 2.75) is 64.1 Å². The topological polar surface area (TPSA) is 49.3 Å². The number of carbonyl (C=O) groups is 1. The summed E-state index contributed by atoms with van der Waals surface area (Å²) in [6.45, 7) is 9.53. The van der Waals surface area contributed by atoms with Crippen LogP contribution in [0.4, 0.5) is 0 Å². The molecule has 2 N–H and O–H groups in total. The summed E-state index contributed by atoms with van der Waals surface area (Å²) in [6.07, 6.45) is 0.970. The monoisotopic (exact) mass is 199 g/mol. The van der Waals surface area contributed by atoms with Crippen LogP contribution in [-0.2, 0) is 4.79 Å². The first kappa shape index (κ1) is 11.7. The van der Waals surface area contributed by atoms with Gasteiger partial charge in [0.05, 0.1) is 0 Å². The molecule has 1 rings (SSSR count). The van der Waals surface area contributed by atoms with E-state index in [0.717, 1.165) is 0 Å². The van der Waals surface area contributed by atoms with Crippen LogP contribution < -0.4 is 5.32 Å². The van der Waals surface area contributed by atoms with Gasteiger partial charge in [0, 0.05) is 23.9 Å². The van der Waals surface area contributed by atoms with Crippen molar-refractivity contribution in [2.75, 3.05) is 0 Å². The van der Waals surface area contributed by atoms with Crippen LogP contribution in [0, 0.1) is 0 Å². The van der Waals surface area contributed by atoms with Crippen LogP contribution in [0.1, 0.15) is 47.5 Å². The number of hydrogen-bond donors (Lipinski definition) is 2. The van der Waals surface area contributed by atoms with Crippen molar-refractivity contribution in [3.05, 3.63) is 0 Å². The van der Waals surface area contributed by atoms with E-state index in [4.69, 9.17) is 0 Å². The second-order valence-electron chi connectivity index (χ2n) is 5.83. The molecule has 0 amide bonds. The largest absolute Gasteiger partial charge is 0.382 e. The summed E-state index contributed by atoms with van der Waals surface area (Å²) in [5.41, 5.74) is -1.54. The lowest BCUT2D eigenvalue weighted by atomic mass is 9.71. The Morgan fingerprint density at radius 3 is 1.79 bits per heavy atom. The average molecular weight is 199 g/mol. The standard InChI is InChI=1S/C11H21NO2/c1-8(13)11(14)6-9(2,3)12-10(4,5)7-11/h12,14H,6-7H2,1-5H3. The fourth-order valence-electron chi connectivity index (χ4n) is 2.78. The third-order valence-corrected chi connectivity index (χ3v) is 2.80. The smallest absolute Gasteiger partial charge is 0.161 e. The van der Waals surface area contributed by atoms with E-state index >= 15 is 0 Å². The molecule has 0 aromatic rings.